The number of fused-ring (bicyclic) bond motifs is 4. The standard InChI is InChI=1S/C18H21F2N3O2/c1-23-8-12(15(22-23)16(19)20)17(25)21-18-7-6-11(14(18)9-24)10-4-2-3-5-13(10)18/h2,4,8,11,14,16,24H,3,5-7,9H2,1H3,(H,21,25). The fourth-order valence-electron chi connectivity index (χ4n) is 5.00. The third-order valence-electron chi connectivity index (χ3n) is 5.96. The van der Waals surface area contributed by atoms with Crippen LogP contribution in [-0.4, -0.2) is 32.9 Å². The van der Waals surface area contributed by atoms with Gasteiger partial charge in [-0.25, -0.2) is 8.78 Å². The van der Waals surface area contributed by atoms with Crippen LogP contribution in [0, 0.1) is 11.8 Å². The van der Waals surface area contributed by atoms with E-state index in [4.69, 9.17) is 0 Å². The first-order valence-electron chi connectivity index (χ1n) is 8.63. The largest absolute Gasteiger partial charge is 0.396 e. The van der Waals surface area contributed by atoms with Gasteiger partial charge in [-0.3, -0.25) is 9.48 Å². The smallest absolute Gasteiger partial charge is 0.282 e. The molecule has 1 aromatic heterocycles. The first kappa shape index (κ1) is 16.4. The van der Waals surface area contributed by atoms with E-state index in [9.17, 15) is 18.7 Å². The molecule has 1 heterocycles. The van der Waals surface area contributed by atoms with Gasteiger partial charge >= 0.3 is 0 Å². The van der Waals surface area contributed by atoms with Crippen molar-refractivity contribution in [1.29, 1.82) is 0 Å². The number of rotatable bonds is 4. The summed E-state index contributed by atoms with van der Waals surface area (Å²) in [4.78, 5) is 12.8. The average Bonchev–Trinajstić information content (AvgIpc) is 3.23. The van der Waals surface area contributed by atoms with Crippen LogP contribution in [0.25, 0.3) is 0 Å². The third kappa shape index (κ3) is 2.28. The Bertz CT molecular complexity index is 783. The number of aliphatic hydroxyl groups excluding tert-OH is 1. The third-order valence-corrected chi connectivity index (χ3v) is 5.96. The zero-order valence-electron chi connectivity index (χ0n) is 14.0. The Morgan fingerprint density at radius 2 is 2.36 bits per heavy atom. The molecule has 0 aromatic carbocycles. The molecular formula is C18H21F2N3O2. The molecule has 0 radical (unpaired) electrons. The Labute approximate surface area is 144 Å². The highest BCUT2D eigenvalue weighted by molar-refractivity contribution is 5.96. The maximum absolute atomic E-state index is 13.2. The Morgan fingerprint density at radius 1 is 1.56 bits per heavy atom. The van der Waals surface area contributed by atoms with Gasteiger partial charge in [0, 0.05) is 25.8 Å². The maximum Gasteiger partial charge on any atom is 0.282 e. The van der Waals surface area contributed by atoms with Crippen molar-refractivity contribution in [3.05, 3.63) is 40.8 Å². The first-order valence-corrected chi connectivity index (χ1v) is 8.63. The van der Waals surface area contributed by atoms with Gasteiger partial charge in [0.25, 0.3) is 12.3 Å². The minimum absolute atomic E-state index is 0.0273. The van der Waals surface area contributed by atoms with E-state index in [-0.39, 0.29) is 24.0 Å². The fraction of sp³-hybridized carbons (Fsp3) is 0.556. The summed E-state index contributed by atoms with van der Waals surface area (Å²) in [5, 5.41) is 16.7. The molecule has 0 saturated heterocycles. The molecule has 2 N–H and O–H groups in total. The van der Waals surface area contributed by atoms with Crippen LogP contribution < -0.4 is 5.32 Å². The van der Waals surface area contributed by atoms with Crippen LogP contribution in [0.1, 0.15) is 48.2 Å². The lowest BCUT2D eigenvalue weighted by molar-refractivity contribution is 0.0850. The summed E-state index contributed by atoms with van der Waals surface area (Å²) in [6.45, 7) is -0.0273. The van der Waals surface area contributed by atoms with Gasteiger partial charge in [-0.1, -0.05) is 12.2 Å². The number of nitrogens with one attached hydrogen (secondary N) is 1. The Hall–Kier alpha value is -2.02. The lowest BCUT2D eigenvalue weighted by Crippen LogP contribution is -2.52. The summed E-state index contributed by atoms with van der Waals surface area (Å²) >= 11 is 0. The number of hydrogen-bond donors (Lipinski definition) is 2. The second-order valence-electron chi connectivity index (χ2n) is 7.14. The molecule has 1 amide bonds. The lowest BCUT2D eigenvalue weighted by atomic mass is 9.79. The lowest BCUT2D eigenvalue weighted by Gasteiger charge is -2.36. The fourth-order valence-corrected chi connectivity index (χ4v) is 5.00. The van der Waals surface area contributed by atoms with E-state index in [0.29, 0.717) is 0 Å². The molecule has 25 heavy (non-hydrogen) atoms. The number of aromatic nitrogens is 2. The van der Waals surface area contributed by atoms with E-state index in [1.54, 1.807) is 0 Å². The monoisotopic (exact) mass is 349 g/mol. The van der Waals surface area contributed by atoms with Crippen molar-refractivity contribution in [2.75, 3.05) is 6.61 Å². The highest BCUT2D eigenvalue weighted by atomic mass is 19.3. The van der Waals surface area contributed by atoms with Crippen LogP contribution in [0.3, 0.4) is 0 Å². The second-order valence-corrected chi connectivity index (χ2v) is 7.14. The van der Waals surface area contributed by atoms with Gasteiger partial charge < -0.3 is 10.4 Å². The first-order chi connectivity index (χ1) is 12.0. The minimum atomic E-state index is -2.81. The number of aliphatic hydroxyl groups is 1. The van der Waals surface area contributed by atoms with Crippen LogP contribution in [0.5, 0.6) is 0 Å². The molecule has 4 rings (SSSR count). The van der Waals surface area contributed by atoms with E-state index < -0.39 is 23.6 Å². The van der Waals surface area contributed by atoms with E-state index in [1.165, 1.54) is 29.1 Å². The van der Waals surface area contributed by atoms with E-state index >= 15 is 0 Å². The molecule has 3 aliphatic rings. The number of nitrogens with zero attached hydrogens (tertiary/aromatic N) is 2. The van der Waals surface area contributed by atoms with Gasteiger partial charge in [-0.05, 0) is 42.7 Å². The van der Waals surface area contributed by atoms with E-state index in [1.807, 2.05) is 0 Å². The summed E-state index contributed by atoms with van der Waals surface area (Å²) in [5.41, 5.74) is 1.18. The summed E-state index contributed by atoms with van der Waals surface area (Å²) in [6.07, 6.45) is 6.13. The summed E-state index contributed by atoms with van der Waals surface area (Å²) < 4.78 is 27.6. The molecule has 3 atom stereocenters. The molecule has 2 bridgehead atoms. The molecule has 0 aliphatic heterocycles. The van der Waals surface area contributed by atoms with E-state index in [0.717, 1.165) is 25.7 Å². The maximum atomic E-state index is 13.2. The Kier molecular flexibility index (Phi) is 3.79. The highest BCUT2D eigenvalue weighted by Gasteiger charge is 2.58. The predicted octanol–water partition coefficient (Wildman–Crippen LogP) is 2.51. The summed E-state index contributed by atoms with van der Waals surface area (Å²) in [7, 11) is 1.52. The minimum Gasteiger partial charge on any atom is -0.396 e. The molecule has 7 heteroatoms. The quantitative estimate of drug-likeness (QED) is 0.878. The molecule has 1 aromatic rings. The number of carbonyl (C=O) groups excluding carboxylic acids is 1. The topological polar surface area (TPSA) is 67.2 Å². The number of hydrogen-bond acceptors (Lipinski definition) is 3. The molecule has 5 nitrogen and oxygen atoms in total. The normalized spacial score (nSPS) is 30.3. The van der Waals surface area contributed by atoms with Crippen LogP contribution in [0.4, 0.5) is 8.78 Å². The molecule has 1 fully saturated rings. The molecule has 3 aliphatic carbocycles. The van der Waals surface area contributed by atoms with Gasteiger partial charge in [0.1, 0.15) is 5.69 Å². The van der Waals surface area contributed by atoms with Crippen molar-refractivity contribution in [2.24, 2.45) is 18.9 Å². The van der Waals surface area contributed by atoms with Crippen LogP contribution in [0.2, 0.25) is 0 Å². The van der Waals surface area contributed by atoms with Gasteiger partial charge in [0.05, 0.1) is 11.1 Å². The second kappa shape index (κ2) is 5.76. The van der Waals surface area contributed by atoms with Crippen LogP contribution >= 0.6 is 0 Å². The van der Waals surface area contributed by atoms with Crippen molar-refractivity contribution in [1.82, 2.24) is 15.1 Å². The van der Waals surface area contributed by atoms with Gasteiger partial charge in [-0.15, -0.1) is 0 Å². The van der Waals surface area contributed by atoms with Crippen molar-refractivity contribution < 1.29 is 18.7 Å². The van der Waals surface area contributed by atoms with Crippen molar-refractivity contribution in [2.45, 2.75) is 37.6 Å². The summed E-state index contributed by atoms with van der Waals surface area (Å²) in [5.74, 6) is -0.387. The highest BCUT2D eigenvalue weighted by Crippen LogP contribution is 2.58. The Balaban J connectivity index is 1.70. The molecular weight excluding hydrogens is 328 g/mol. The van der Waals surface area contributed by atoms with E-state index in [2.05, 4.69) is 22.6 Å². The molecule has 0 spiro atoms. The Morgan fingerprint density at radius 3 is 3.08 bits per heavy atom. The molecule has 1 saturated carbocycles. The van der Waals surface area contributed by atoms with Crippen LogP contribution in [0.15, 0.2) is 29.5 Å². The number of halogens is 2. The predicted molar refractivity (Wildman–Crippen MR) is 87.1 cm³/mol. The van der Waals surface area contributed by atoms with Crippen molar-refractivity contribution >= 4 is 5.91 Å². The number of allylic oxidation sites excluding steroid dienone is 3. The van der Waals surface area contributed by atoms with Gasteiger partial charge in [0.2, 0.25) is 0 Å². The number of aryl methyl sites for hydroxylation is 1. The van der Waals surface area contributed by atoms with Crippen LogP contribution in [-0.2, 0) is 7.05 Å². The SMILES string of the molecule is Cn1cc(C(=O)NC23CCC(C4=C2CCC=C4)C3CO)c(C(F)F)n1. The number of amides is 1. The zero-order valence-corrected chi connectivity index (χ0v) is 14.0. The summed E-state index contributed by atoms with van der Waals surface area (Å²) in [6, 6.07) is 0. The van der Waals surface area contributed by atoms with Crippen molar-refractivity contribution in [3.8, 4) is 0 Å². The average molecular weight is 349 g/mol. The number of carbonyl (C=O) groups is 1. The van der Waals surface area contributed by atoms with Gasteiger partial charge in [-0.2, -0.15) is 5.10 Å². The van der Waals surface area contributed by atoms with Gasteiger partial charge in [0.15, 0.2) is 0 Å². The molecule has 134 valence electrons. The van der Waals surface area contributed by atoms with Crippen molar-refractivity contribution in [3.63, 3.8) is 0 Å². The number of alkyl halides is 2. The zero-order chi connectivity index (χ0) is 17.8. The molecule has 3 unspecified atom stereocenters.